The van der Waals surface area contributed by atoms with Gasteiger partial charge in [0.05, 0.1) is 5.92 Å². The Morgan fingerprint density at radius 1 is 0.833 bits per heavy atom. The van der Waals surface area contributed by atoms with Crippen molar-refractivity contribution in [3.05, 3.63) is 102 Å². The molecule has 3 aromatic rings. The van der Waals surface area contributed by atoms with E-state index in [0.717, 1.165) is 11.1 Å². The van der Waals surface area contributed by atoms with Crippen molar-refractivity contribution in [2.75, 3.05) is 18.4 Å². The summed E-state index contributed by atoms with van der Waals surface area (Å²) in [6.45, 7) is -0.331. The Morgan fingerprint density at radius 3 is 1.90 bits per heavy atom. The van der Waals surface area contributed by atoms with Gasteiger partial charge >= 0.3 is 12.0 Å². The highest BCUT2D eigenvalue weighted by Crippen LogP contribution is 2.29. The third-order valence-corrected chi connectivity index (χ3v) is 6.43. The van der Waals surface area contributed by atoms with Crippen molar-refractivity contribution in [1.82, 2.24) is 15.5 Å². The highest BCUT2D eigenvalue weighted by Gasteiger charge is 2.35. The van der Waals surface area contributed by atoms with Crippen LogP contribution in [0.1, 0.15) is 35.4 Å². The summed E-state index contributed by atoms with van der Waals surface area (Å²) in [6, 6.07) is 23.3. The second-order valence-electron chi connectivity index (χ2n) is 9.52. The van der Waals surface area contributed by atoms with Gasteiger partial charge in [0.2, 0.25) is 11.8 Å². The number of amides is 4. The van der Waals surface area contributed by atoms with Crippen LogP contribution in [0.25, 0.3) is 0 Å². The molecule has 0 saturated heterocycles. The maximum Gasteiger partial charge on any atom is 0.322 e. The van der Waals surface area contributed by atoms with Gasteiger partial charge in [0.15, 0.2) is 5.96 Å². The zero-order valence-electron chi connectivity index (χ0n) is 23.0. The highest BCUT2D eigenvalue weighted by atomic mass is 16.4. The molecule has 220 valence electrons. The van der Waals surface area contributed by atoms with Crippen LogP contribution in [-0.4, -0.2) is 58.9 Å². The van der Waals surface area contributed by atoms with Crippen LogP contribution in [-0.2, 0) is 20.9 Å². The minimum atomic E-state index is -1.22. The minimum Gasteiger partial charge on any atom is -0.480 e. The highest BCUT2D eigenvalue weighted by molar-refractivity contribution is 5.93. The number of carboxylic acid groups (broad SMARTS) is 1. The van der Waals surface area contributed by atoms with Gasteiger partial charge in [0, 0.05) is 18.8 Å². The van der Waals surface area contributed by atoms with E-state index in [1.807, 2.05) is 60.7 Å². The van der Waals surface area contributed by atoms with Crippen LogP contribution in [0.5, 0.6) is 0 Å². The van der Waals surface area contributed by atoms with E-state index in [9.17, 15) is 24.3 Å². The van der Waals surface area contributed by atoms with Crippen LogP contribution < -0.4 is 27.4 Å². The number of hydrogen-bond acceptors (Lipinski definition) is 5. The molecule has 3 rings (SSSR count). The van der Waals surface area contributed by atoms with Crippen molar-refractivity contribution >= 4 is 35.5 Å². The Hall–Kier alpha value is -5.39. The number of anilines is 1. The predicted molar refractivity (Wildman–Crippen MR) is 159 cm³/mol. The lowest BCUT2D eigenvalue weighted by atomic mass is 9.89. The molecule has 0 bridgehead atoms. The summed E-state index contributed by atoms with van der Waals surface area (Å²) in [5.41, 5.74) is 13.2. The lowest BCUT2D eigenvalue weighted by molar-refractivity contribution is -0.143. The first-order valence-corrected chi connectivity index (χ1v) is 13.3. The molecule has 0 aliphatic rings. The standard InChI is InChI=1S/C30H35N7O5/c31-29(32)34-17-7-12-24(27(40)35-18-25(38)39)37(19-20-13-15-23(16-14-20)36-30(33)42)28(41)26(21-8-3-1-4-9-21)22-10-5-2-6-11-22/h1-6,8-11,13-16,24,26H,7,12,17-19H2,(H,35,40)(H,38,39)(H4,31,32,34)(H3,33,36,42)/t24-/m0/s1. The summed E-state index contributed by atoms with van der Waals surface area (Å²) in [4.78, 5) is 52.0. The molecule has 0 aromatic heterocycles. The van der Waals surface area contributed by atoms with Gasteiger partial charge in [-0.15, -0.1) is 0 Å². The SMILES string of the molecule is N=C(N)NCCC[C@@H](C(=O)NCC(=O)O)N(Cc1ccc(NC(N)=O)cc1)C(=O)C(c1ccccc1)c1ccccc1. The van der Waals surface area contributed by atoms with E-state index in [1.54, 1.807) is 24.3 Å². The van der Waals surface area contributed by atoms with Crippen molar-refractivity contribution in [2.24, 2.45) is 11.5 Å². The van der Waals surface area contributed by atoms with Gasteiger partial charge in [-0.2, -0.15) is 0 Å². The number of nitrogens with two attached hydrogens (primary N) is 2. The minimum absolute atomic E-state index is 0.0111. The number of nitrogens with zero attached hydrogens (tertiary/aromatic N) is 1. The first-order valence-electron chi connectivity index (χ1n) is 13.3. The average molecular weight is 574 g/mol. The molecule has 1 atom stereocenters. The Labute approximate surface area is 243 Å². The molecule has 0 radical (unpaired) electrons. The molecule has 0 aliphatic carbocycles. The molecule has 0 saturated carbocycles. The van der Waals surface area contributed by atoms with Gasteiger partial charge in [-0.25, -0.2) is 4.79 Å². The third kappa shape index (κ3) is 9.37. The van der Waals surface area contributed by atoms with Gasteiger partial charge in [-0.3, -0.25) is 19.8 Å². The van der Waals surface area contributed by atoms with Crippen molar-refractivity contribution in [3.8, 4) is 0 Å². The number of benzene rings is 3. The first-order chi connectivity index (χ1) is 20.2. The Morgan fingerprint density at radius 2 is 1.40 bits per heavy atom. The number of primary amides is 1. The number of carbonyl (C=O) groups is 4. The number of carboxylic acids is 1. The zero-order valence-corrected chi connectivity index (χ0v) is 23.0. The van der Waals surface area contributed by atoms with E-state index < -0.39 is 36.4 Å². The fraction of sp³-hybridized carbons (Fsp3) is 0.233. The smallest absolute Gasteiger partial charge is 0.322 e. The van der Waals surface area contributed by atoms with Crippen LogP contribution >= 0.6 is 0 Å². The van der Waals surface area contributed by atoms with Crippen LogP contribution in [0.3, 0.4) is 0 Å². The fourth-order valence-electron chi connectivity index (χ4n) is 4.54. The van der Waals surface area contributed by atoms with Gasteiger partial charge in [-0.05, 0) is 41.7 Å². The van der Waals surface area contributed by atoms with E-state index in [2.05, 4.69) is 16.0 Å². The molecular weight excluding hydrogens is 538 g/mol. The van der Waals surface area contributed by atoms with E-state index in [0.29, 0.717) is 17.7 Å². The van der Waals surface area contributed by atoms with Gasteiger partial charge in [0.25, 0.3) is 0 Å². The van der Waals surface area contributed by atoms with E-state index in [1.165, 1.54) is 4.90 Å². The Kier molecular flexibility index (Phi) is 11.4. The third-order valence-electron chi connectivity index (χ3n) is 6.43. The summed E-state index contributed by atoms with van der Waals surface area (Å²) in [5, 5.41) is 24.2. The molecule has 12 nitrogen and oxygen atoms in total. The molecule has 4 amide bonds. The van der Waals surface area contributed by atoms with E-state index >= 15 is 0 Å². The van der Waals surface area contributed by atoms with Gasteiger partial charge < -0.3 is 37.4 Å². The summed E-state index contributed by atoms with van der Waals surface area (Å²) in [6.07, 6.45) is 0.520. The molecule has 0 spiro atoms. The summed E-state index contributed by atoms with van der Waals surface area (Å²) < 4.78 is 0. The quantitative estimate of drug-likeness (QED) is 0.0869. The summed E-state index contributed by atoms with van der Waals surface area (Å²) in [5.74, 6) is -3.19. The van der Waals surface area contributed by atoms with Gasteiger partial charge in [0.1, 0.15) is 12.6 Å². The number of nitrogens with one attached hydrogen (secondary N) is 4. The largest absolute Gasteiger partial charge is 0.480 e. The molecule has 42 heavy (non-hydrogen) atoms. The first kappa shape index (κ1) is 31.1. The molecule has 0 aliphatic heterocycles. The zero-order chi connectivity index (χ0) is 30.5. The van der Waals surface area contributed by atoms with Crippen molar-refractivity contribution in [1.29, 1.82) is 5.41 Å². The molecule has 0 heterocycles. The Bertz CT molecular complexity index is 1330. The number of carbonyl (C=O) groups excluding carboxylic acids is 3. The number of aliphatic carboxylic acids is 1. The average Bonchev–Trinajstić information content (AvgIpc) is 2.96. The normalized spacial score (nSPS) is 11.3. The van der Waals surface area contributed by atoms with Crippen LogP contribution in [0.4, 0.5) is 10.5 Å². The van der Waals surface area contributed by atoms with Crippen molar-refractivity contribution < 1.29 is 24.3 Å². The lowest BCUT2D eigenvalue weighted by Crippen LogP contribution is -2.51. The predicted octanol–water partition coefficient (Wildman–Crippen LogP) is 2.17. The second kappa shape index (κ2) is 15.4. The molecule has 3 aromatic carbocycles. The van der Waals surface area contributed by atoms with Crippen molar-refractivity contribution in [3.63, 3.8) is 0 Å². The molecule has 12 heteroatoms. The number of guanidine groups is 1. The fourth-order valence-corrected chi connectivity index (χ4v) is 4.54. The molecule has 9 N–H and O–H groups in total. The Balaban J connectivity index is 2.06. The van der Waals surface area contributed by atoms with Crippen LogP contribution in [0, 0.1) is 5.41 Å². The molecule has 0 fully saturated rings. The number of urea groups is 1. The van der Waals surface area contributed by atoms with Crippen LogP contribution in [0.2, 0.25) is 0 Å². The number of rotatable bonds is 14. The van der Waals surface area contributed by atoms with Gasteiger partial charge in [-0.1, -0.05) is 72.8 Å². The topological polar surface area (TPSA) is 204 Å². The lowest BCUT2D eigenvalue weighted by Gasteiger charge is -2.34. The monoisotopic (exact) mass is 573 g/mol. The van der Waals surface area contributed by atoms with E-state index in [-0.39, 0.29) is 31.4 Å². The van der Waals surface area contributed by atoms with Crippen molar-refractivity contribution in [2.45, 2.75) is 31.3 Å². The number of hydrogen-bond donors (Lipinski definition) is 7. The van der Waals surface area contributed by atoms with E-state index in [4.69, 9.17) is 16.9 Å². The maximum absolute atomic E-state index is 14.6. The second-order valence-corrected chi connectivity index (χ2v) is 9.52. The molecule has 0 unspecified atom stereocenters. The summed E-state index contributed by atoms with van der Waals surface area (Å²) >= 11 is 0. The molecular formula is C30H35N7O5. The van der Waals surface area contributed by atoms with Crippen LogP contribution in [0.15, 0.2) is 84.9 Å². The summed E-state index contributed by atoms with van der Waals surface area (Å²) in [7, 11) is 0. The maximum atomic E-state index is 14.6.